The fourth-order valence-corrected chi connectivity index (χ4v) is 4.96. The van der Waals surface area contributed by atoms with Crippen LogP contribution in [0.15, 0.2) is 55.0 Å². The number of nitrogens with zero attached hydrogens (tertiary/aromatic N) is 6. The summed E-state index contributed by atoms with van der Waals surface area (Å²) in [4.78, 5) is 25.8. The number of benzene rings is 2. The molecule has 1 saturated heterocycles. The van der Waals surface area contributed by atoms with Crippen LogP contribution in [0.1, 0.15) is 38.2 Å². The first-order chi connectivity index (χ1) is 22.5. The van der Waals surface area contributed by atoms with Crippen LogP contribution < -0.4 is 15.4 Å². The molecule has 2 N–H and O–H groups in total. The summed E-state index contributed by atoms with van der Waals surface area (Å²) in [6.45, 7) is 4.49. The smallest absolute Gasteiger partial charge is 0.416 e. The minimum absolute atomic E-state index is 0.0518. The summed E-state index contributed by atoms with van der Waals surface area (Å²) < 4.78 is 61.3. The normalized spacial score (nSPS) is 13.9. The van der Waals surface area contributed by atoms with Crippen molar-refractivity contribution in [2.75, 3.05) is 57.6 Å². The van der Waals surface area contributed by atoms with Gasteiger partial charge in [-0.15, -0.1) is 5.10 Å². The lowest BCUT2D eigenvalue weighted by atomic mass is 10.0. The molecule has 0 spiro atoms. The highest BCUT2D eigenvalue weighted by Crippen LogP contribution is 2.35. The van der Waals surface area contributed by atoms with Crippen LogP contribution in [-0.2, 0) is 19.3 Å². The lowest BCUT2D eigenvalue weighted by Crippen LogP contribution is -2.44. The van der Waals surface area contributed by atoms with Crippen molar-refractivity contribution in [3.8, 4) is 17.7 Å². The van der Waals surface area contributed by atoms with Crippen LogP contribution >= 0.6 is 0 Å². The lowest BCUT2D eigenvalue weighted by molar-refractivity contribution is -0.138. The molecule has 2 aromatic carbocycles. The van der Waals surface area contributed by atoms with Gasteiger partial charge < -0.3 is 20.3 Å². The Morgan fingerprint density at radius 2 is 1.79 bits per heavy atom. The third kappa shape index (κ3) is 8.63. The Balaban J connectivity index is 1.27. The predicted molar refractivity (Wildman–Crippen MR) is 169 cm³/mol. The van der Waals surface area contributed by atoms with Crippen LogP contribution in [-0.4, -0.2) is 82.5 Å². The number of halogens is 4. The number of carbonyl (C=O) groups is 1. The Morgan fingerprint density at radius 3 is 2.47 bits per heavy atom. The molecule has 0 atom stereocenters. The number of aryl methyl sites for hydroxylation is 2. The van der Waals surface area contributed by atoms with Gasteiger partial charge in [0.1, 0.15) is 12.4 Å². The highest BCUT2D eigenvalue weighted by Gasteiger charge is 2.34. The van der Waals surface area contributed by atoms with Gasteiger partial charge in [-0.05, 0) is 49.4 Å². The van der Waals surface area contributed by atoms with E-state index in [1.807, 2.05) is 18.9 Å². The van der Waals surface area contributed by atoms with E-state index < -0.39 is 24.3 Å². The van der Waals surface area contributed by atoms with Crippen LogP contribution in [0.4, 0.5) is 34.9 Å². The molecule has 246 valence electrons. The summed E-state index contributed by atoms with van der Waals surface area (Å²) in [7, 11) is 3.44. The van der Waals surface area contributed by atoms with Crippen molar-refractivity contribution < 1.29 is 27.1 Å². The van der Waals surface area contributed by atoms with E-state index >= 15 is 0 Å². The summed E-state index contributed by atoms with van der Waals surface area (Å²) in [5.41, 5.74) is 2.04. The molecule has 0 bridgehead atoms. The maximum atomic E-state index is 14.0. The fraction of sp³-hybridized carbons (Fsp3) is 0.333. The molecule has 10 nitrogen and oxygen atoms in total. The quantitative estimate of drug-likeness (QED) is 0.190. The third-order valence-electron chi connectivity index (χ3n) is 7.64. The number of piperazine rings is 1. The van der Waals surface area contributed by atoms with Gasteiger partial charge in [-0.3, -0.25) is 14.4 Å². The summed E-state index contributed by atoms with van der Waals surface area (Å²) in [5, 5.41) is 9.70. The number of nitrogens with one attached hydrogen (secondary N) is 2. The molecular weight excluding hydrogens is 616 g/mol. The molecule has 1 aliphatic heterocycles. The maximum Gasteiger partial charge on any atom is 0.416 e. The monoisotopic (exact) mass is 650 g/mol. The number of ether oxygens (including phenoxy) is 1. The Bertz CT molecular complexity index is 1770. The molecule has 3 heterocycles. The van der Waals surface area contributed by atoms with Gasteiger partial charge in [0, 0.05) is 61.9 Å². The van der Waals surface area contributed by atoms with E-state index in [0.29, 0.717) is 29.9 Å². The summed E-state index contributed by atoms with van der Waals surface area (Å²) in [6, 6.07) is 8.82. The number of anilines is 3. The average Bonchev–Trinajstić information content (AvgIpc) is 3.43. The van der Waals surface area contributed by atoms with E-state index in [0.717, 1.165) is 24.7 Å². The van der Waals surface area contributed by atoms with Crippen LogP contribution in [0.3, 0.4) is 0 Å². The summed E-state index contributed by atoms with van der Waals surface area (Å²) in [6.07, 6.45) is 0.0390. The number of alkyl halides is 4. The van der Waals surface area contributed by atoms with E-state index in [1.54, 1.807) is 24.4 Å². The van der Waals surface area contributed by atoms with Gasteiger partial charge in [-0.25, -0.2) is 14.4 Å². The molecule has 0 unspecified atom stereocenters. The zero-order valence-corrected chi connectivity index (χ0v) is 26.2. The second-order valence-corrected chi connectivity index (χ2v) is 11.1. The Kier molecular flexibility index (Phi) is 10.4. The Labute approximate surface area is 269 Å². The second-order valence-electron chi connectivity index (χ2n) is 11.1. The number of likely N-dealkylation sites (N-methyl/N-ethyl adjacent to an activating group) is 1. The number of rotatable bonds is 9. The summed E-state index contributed by atoms with van der Waals surface area (Å²) >= 11 is 0. The Hall–Kier alpha value is -5.00. The van der Waals surface area contributed by atoms with Gasteiger partial charge in [0.15, 0.2) is 0 Å². The topological polar surface area (TPSA) is 100 Å². The molecule has 1 fully saturated rings. The molecule has 2 aromatic heterocycles. The molecule has 0 radical (unpaired) electrons. The minimum Gasteiger partial charge on any atom is -0.478 e. The fourth-order valence-electron chi connectivity index (χ4n) is 4.96. The highest BCUT2D eigenvalue weighted by molar-refractivity contribution is 6.04. The molecule has 1 aliphatic rings. The van der Waals surface area contributed by atoms with E-state index in [4.69, 9.17) is 4.74 Å². The molecule has 1 amide bonds. The molecule has 14 heteroatoms. The standard InChI is InChI=1S/C33H34F4N8O2/c1-22-4-6-25(30(46)40-27-9-8-26(28(17-27)33(35,36)37)20-44-14-12-43(2)13-15-44)16-24(22)7-5-23-18-38-32(39-19-23)41-29-21-45(11-10-34)42-31(29)47-3/h4,6,8-9,16-19,21H,10-15,20H2,1-3H3,(H,40,46)(H,38,39,41). The van der Waals surface area contributed by atoms with Gasteiger partial charge >= 0.3 is 6.18 Å². The van der Waals surface area contributed by atoms with Crippen molar-refractivity contribution in [1.82, 2.24) is 29.5 Å². The van der Waals surface area contributed by atoms with Crippen LogP contribution in [0.25, 0.3) is 0 Å². The number of hydrogen-bond acceptors (Lipinski definition) is 8. The largest absolute Gasteiger partial charge is 0.478 e. The van der Waals surface area contributed by atoms with E-state index in [1.165, 1.54) is 36.3 Å². The zero-order chi connectivity index (χ0) is 33.6. The van der Waals surface area contributed by atoms with Crippen molar-refractivity contribution in [2.24, 2.45) is 0 Å². The molecule has 4 aromatic rings. The van der Waals surface area contributed by atoms with Crippen molar-refractivity contribution >= 4 is 23.2 Å². The van der Waals surface area contributed by atoms with Crippen LogP contribution in [0, 0.1) is 18.8 Å². The molecular formula is C33H34F4N8O2. The predicted octanol–water partition coefficient (Wildman–Crippen LogP) is 5.12. The van der Waals surface area contributed by atoms with Crippen molar-refractivity contribution in [2.45, 2.75) is 26.2 Å². The SMILES string of the molecule is COc1nn(CCF)cc1Nc1ncc(C#Cc2cc(C(=O)Nc3ccc(CN4CCN(C)CC4)c(C(F)(F)F)c3)ccc2C)cn1. The first-order valence-corrected chi connectivity index (χ1v) is 14.8. The summed E-state index contributed by atoms with van der Waals surface area (Å²) in [5.74, 6) is 5.95. The van der Waals surface area contributed by atoms with E-state index in [9.17, 15) is 22.4 Å². The second kappa shape index (κ2) is 14.6. The van der Waals surface area contributed by atoms with Gasteiger partial charge in [-0.1, -0.05) is 24.0 Å². The number of aromatic nitrogens is 4. The minimum atomic E-state index is -4.57. The number of methoxy groups -OCH3 is 1. The molecule has 0 aliphatic carbocycles. The van der Waals surface area contributed by atoms with Gasteiger partial charge in [0.25, 0.3) is 11.8 Å². The molecule has 5 rings (SSSR count). The van der Waals surface area contributed by atoms with Gasteiger partial charge in [0.2, 0.25) is 5.95 Å². The van der Waals surface area contributed by atoms with Crippen molar-refractivity contribution in [1.29, 1.82) is 0 Å². The maximum absolute atomic E-state index is 14.0. The number of hydrogen-bond donors (Lipinski definition) is 2. The first-order valence-electron chi connectivity index (χ1n) is 14.8. The van der Waals surface area contributed by atoms with E-state index in [-0.39, 0.29) is 41.7 Å². The zero-order valence-electron chi connectivity index (χ0n) is 26.2. The average molecular weight is 651 g/mol. The third-order valence-corrected chi connectivity index (χ3v) is 7.64. The van der Waals surface area contributed by atoms with E-state index in [2.05, 4.69) is 42.4 Å². The number of carbonyl (C=O) groups excluding carboxylic acids is 1. The van der Waals surface area contributed by atoms with Crippen molar-refractivity contribution in [3.63, 3.8) is 0 Å². The molecule has 47 heavy (non-hydrogen) atoms. The molecule has 0 saturated carbocycles. The Morgan fingerprint density at radius 1 is 1.04 bits per heavy atom. The van der Waals surface area contributed by atoms with Gasteiger partial charge in [0.05, 0.1) is 31.0 Å². The van der Waals surface area contributed by atoms with Crippen LogP contribution in [0.5, 0.6) is 5.88 Å². The lowest BCUT2D eigenvalue weighted by Gasteiger charge is -2.33. The number of amides is 1. The highest BCUT2D eigenvalue weighted by atomic mass is 19.4. The first kappa shape index (κ1) is 33.4. The van der Waals surface area contributed by atoms with Gasteiger partial charge in [-0.2, -0.15) is 13.2 Å². The van der Waals surface area contributed by atoms with Crippen molar-refractivity contribution in [3.05, 3.63) is 88.4 Å². The van der Waals surface area contributed by atoms with Crippen LogP contribution in [0.2, 0.25) is 0 Å².